The number of carbonyl (C=O) groups is 1. The zero-order chi connectivity index (χ0) is 10.3. The molecule has 0 aliphatic rings. The normalized spacial score (nSPS) is 15.4. The van der Waals surface area contributed by atoms with Gasteiger partial charge in [0.15, 0.2) is 0 Å². The van der Waals surface area contributed by atoms with E-state index < -0.39 is 0 Å². The first kappa shape index (κ1) is 12.6. The lowest BCUT2D eigenvalue weighted by atomic mass is 10.0. The molecule has 0 aliphatic carbocycles. The lowest BCUT2D eigenvalue weighted by Gasteiger charge is -2.13. The van der Waals surface area contributed by atoms with E-state index in [-0.39, 0.29) is 7.34 Å². The lowest BCUT2D eigenvalue weighted by molar-refractivity contribution is -0.121. The van der Waals surface area contributed by atoms with Crippen LogP contribution in [0.5, 0.6) is 0 Å². The molecule has 1 N–H and O–H groups in total. The van der Waals surface area contributed by atoms with E-state index in [0.717, 1.165) is 12.8 Å². The summed E-state index contributed by atoms with van der Waals surface area (Å²) >= 11 is 0. The predicted molar refractivity (Wildman–Crippen MR) is 58.9 cm³/mol. The van der Waals surface area contributed by atoms with Crippen LogP contribution in [0.25, 0.3) is 0 Å². The summed E-state index contributed by atoms with van der Waals surface area (Å²) in [7, 11) is 0. The Morgan fingerprint density at radius 3 is 2.46 bits per heavy atom. The van der Waals surface area contributed by atoms with Gasteiger partial charge in [0, 0.05) is 13.4 Å². The maximum atomic E-state index is 11.4. The van der Waals surface area contributed by atoms with Crippen molar-refractivity contribution in [1.82, 2.24) is 5.32 Å². The highest BCUT2D eigenvalue weighted by Gasteiger charge is 2.10. The molecule has 0 saturated carbocycles. The van der Waals surface area contributed by atoms with Gasteiger partial charge in [-0.2, -0.15) is 0 Å². The topological polar surface area (TPSA) is 29.1 Å². The average Bonchev–Trinajstić information content (AvgIpc) is 2.13. The summed E-state index contributed by atoms with van der Waals surface area (Å²) < 4.78 is 0. The second kappa shape index (κ2) is 7.07. The maximum absolute atomic E-state index is 11.4. The average molecular weight is 187 g/mol. The molecule has 2 unspecified atom stereocenters. The number of Topliss-reactive ketones (excluding diaryl/α,β-unsaturated/α-hetero) is 1. The van der Waals surface area contributed by atoms with E-state index in [4.69, 9.17) is 0 Å². The van der Waals surface area contributed by atoms with Crippen LogP contribution in [-0.4, -0.2) is 18.4 Å². The molecular weight excluding hydrogens is 162 g/mol. The summed E-state index contributed by atoms with van der Waals surface area (Å²) in [6.45, 7) is 8.88. The molecule has 0 amide bonds. The molecule has 13 heavy (non-hydrogen) atoms. The zero-order valence-electron chi connectivity index (χ0n) is 9.39. The molecule has 0 bridgehead atoms. The molecule has 0 rings (SSSR count). The fraction of sp³-hybridized carbons (Fsp3) is 0.909. The van der Waals surface area contributed by atoms with E-state index in [1.54, 1.807) is 0 Å². The number of ketones is 1. The van der Waals surface area contributed by atoms with Crippen LogP contribution in [0, 0.1) is 5.92 Å². The van der Waals surface area contributed by atoms with Crippen molar-refractivity contribution < 1.29 is 6.22 Å². The summed E-state index contributed by atoms with van der Waals surface area (Å²) in [6.07, 6.45) is 3.27. The SMILES string of the molecule is CCCC(C)NCC(=O)C(C)CC.[HH]. The Bertz CT molecular complexity index is 150. The van der Waals surface area contributed by atoms with Gasteiger partial charge in [0.2, 0.25) is 0 Å². The first-order chi connectivity index (χ1) is 6.11. The van der Waals surface area contributed by atoms with Crippen molar-refractivity contribution in [3.8, 4) is 0 Å². The molecule has 0 fully saturated rings. The summed E-state index contributed by atoms with van der Waals surface area (Å²) in [5, 5.41) is 3.25. The molecule has 0 aromatic rings. The van der Waals surface area contributed by atoms with Crippen LogP contribution in [0.3, 0.4) is 0 Å². The third kappa shape index (κ3) is 5.81. The smallest absolute Gasteiger partial charge is 0.149 e. The summed E-state index contributed by atoms with van der Waals surface area (Å²) in [6, 6.07) is 0.470. The van der Waals surface area contributed by atoms with Gasteiger partial charge in [0.25, 0.3) is 0 Å². The monoisotopic (exact) mass is 187 g/mol. The minimum absolute atomic E-state index is 0. The molecule has 0 heterocycles. The Balaban J connectivity index is 0. The van der Waals surface area contributed by atoms with Gasteiger partial charge in [-0.3, -0.25) is 4.79 Å². The van der Waals surface area contributed by atoms with Crippen LogP contribution in [0.1, 0.15) is 48.4 Å². The molecular formula is C11H25NO. The molecule has 0 radical (unpaired) electrons. The summed E-state index contributed by atoms with van der Waals surface area (Å²) in [5.74, 6) is 0.548. The van der Waals surface area contributed by atoms with Crippen molar-refractivity contribution in [3.05, 3.63) is 0 Å². The minimum atomic E-state index is 0. The van der Waals surface area contributed by atoms with Crippen molar-refractivity contribution in [2.24, 2.45) is 5.92 Å². The highest BCUT2D eigenvalue weighted by atomic mass is 16.1. The Morgan fingerprint density at radius 1 is 1.38 bits per heavy atom. The van der Waals surface area contributed by atoms with Crippen LogP contribution in [0.4, 0.5) is 0 Å². The van der Waals surface area contributed by atoms with Crippen LogP contribution in [0.15, 0.2) is 0 Å². The number of rotatable bonds is 7. The van der Waals surface area contributed by atoms with Crippen molar-refractivity contribution in [2.45, 2.75) is 53.0 Å². The van der Waals surface area contributed by atoms with Gasteiger partial charge >= 0.3 is 0 Å². The first-order valence-electron chi connectivity index (χ1n) is 5.37. The number of nitrogens with one attached hydrogen (secondary N) is 1. The van der Waals surface area contributed by atoms with Crippen molar-refractivity contribution in [3.63, 3.8) is 0 Å². The van der Waals surface area contributed by atoms with Gasteiger partial charge in [-0.25, -0.2) is 0 Å². The van der Waals surface area contributed by atoms with E-state index in [1.807, 2.05) is 6.92 Å². The summed E-state index contributed by atoms with van der Waals surface area (Å²) in [4.78, 5) is 11.4. The molecule has 80 valence electrons. The van der Waals surface area contributed by atoms with Gasteiger partial charge in [0.1, 0.15) is 5.78 Å². The zero-order valence-corrected chi connectivity index (χ0v) is 9.39. The van der Waals surface area contributed by atoms with Gasteiger partial charge in [0.05, 0.1) is 6.54 Å². The fourth-order valence-electron chi connectivity index (χ4n) is 1.21. The third-order valence-corrected chi connectivity index (χ3v) is 2.51. The number of carbonyl (C=O) groups excluding carboxylic acids is 1. The minimum Gasteiger partial charge on any atom is -0.307 e. The van der Waals surface area contributed by atoms with E-state index in [1.165, 1.54) is 6.42 Å². The predicted octanol–water partition coefficient (Wildman–Crippen LogP) is 2.63. The van der Waals surface area contributed by atoms with Crippen LogP contribution in [-0.2, 0) is 4.79 Å². The molecule has 2 heteroatoms. The first-order valence-corrected chi connectivity index (χ1v) is 5.37. The maximum Gasteiger partial charge on any atom is 0.149 e. The second-order valence-corrected chi connectivity index (χ2v) is 3.85. The Hall–Kier alpha value is -0.370. The highest BCUT2D eigenvalue weighted by Crippen LogP contribution is 2.02. The standard InChI is InChI=1S/C11H23NO.H2/c1-5-7-10(4)12-8-11(13)9(3)6-2;/h9-10,12H,5-8H2,1-4H3;1H. The Morgan fingerprint density at radius 2 is 2.00 bits per heavy atom. The molecule has 0 aromatic carbocycles. The molecule has 0 saturated heterocycles. The lowest BCUT2D eigenvalue weighted by Crippen LogP contribution is -2.33. The van der Waals surface area contributed by atoms with Crippen LogP contribution >= 0.6 is 0 Å². The van der Waals surface area contributed by atoms with Gasteiger partial charge in [-0.1, -0.05) is 27.2 Å². The van der Waals surface area contributed by atoms with Gasteiger partial charge < -0.3 is 5.32 Å². The molecule has 2 atom stereocenters. The van der Waals surface area contributed by atoms with Crippen molar-refractivity contribution in [2.75, 3.05) is 6.54 Å². The highest BCUT2D eigenvalue weighted by molar-refractivity contribution is 5.82. The summed E-state index contributed by atoms with van der Waals surface area (Å²) in [5.41, 5.74) is 0. The molecule has 0 aromatic heterocycles. The number of hydrogen-bond acceptors (Lipinski definition) is 2. The van der Waals surface area contributed by atoms with E-state index in [0.29, 0.717) is 18.4 Å². The third-order valence-electron chi connectivity index (χ3n) is 2.51. The van der Waals surface area contributed by atoms with Gasteiger partial charge in [-0.15, -0.1) is 0 Å². The Kier molecular flexibility index (Phi) is 6.87. The second-order valence-electron chi connectivity index (χ2n) is 3.85. The van der Waals surface area contributed by atoms with Crippen molar-refractivity contribution in [1.29, 1.82) is 0 Å². The van der Waals surface area contributed by atoms with Crippen LogP contribution in [0.2, 0.25) is 0 Å². The molecule has 0 spiro atoms. The van der Waals surface area contributed by atoms with E-state index in [2.05, 4.69) is 26.1 Å². The molecule has 2 nitrogen and oxygen atoms in total. The Labute approximate surface area is 83.6 Å². The molecule has 0 aliphatic heterocycles. The number of hydrogen-bond donors (Lipinski definition) is 1. The van der Waals surface area contributed by atoms with Gasteiger partial charge in [-0.05, 0) is 19.8 Å². The fourth-order valence-corrected chi connectivity index (χ4v) is 1.21. The quantitative estimate of drug-likeness (QED) is 0.664. The van der Waals surface area contributed by atoms with E-state index in [9.17, 15) is 4.79 Å². The van der Waals surface area contributed by atoms with E-state index >= 15 is 0 Å². The largest absolute Gasteiger partial charge is 0.307 e. The van der Waals surface area contributed by atoms with Crippen LogP contribution < -0.4 is 5.32 Å². The van der Waals surface area contributed by atoms with Crippen molar-refractivity contribution >= 4 is 5.78 Å².